The highest BCUT2D eigenvalue weighted by Crippen LogP contribution is 2.44. The van der Waals surface area contributed by atoms with Gasteiger partial charge in [-0.3, -0.25) is 9.13 Å². The van der Waals surface area contributed by atoms with E-state index in [1.807, 2.05) is 17.7 Å². The Labute approximate surface area is 179 Å². The molecule has 0 unspecified atom stereocenters. The Morgan fingerprint density at radius 2 is 1.94 bits per heavy atom. The van der Waals surface area contributed by atoms with E-state index in [2.05, 4.69) is 41.5 Å². The lowest BCUT2D eigenvalue weighted by atomic mass is 9.89. The molecule has 0 saturated heterocycles. The second kappa shape index (κ2) is 6.93. The summed E-state index contributed by atoms with van der Waals surface area (Å²) in [4.78, 5) is 25.1. The van der Waals surface area contributed by atoms with Gasteiger partial charge < -0.3 is 4.90 Å². The molecule has 0 aromatic carbocycles. The van der Waals surface area contributed by atoms with E-state index in [1.165, 1.54) is 25.6 Å². The second-order valence-electron chi connectivity index (χ2n) is 8.00. The van der Waals surface area contributed by atoms with Gasteiger partial charge in [-0.2, -0.15) is 4.98 Å². The van der Waals surface area contributed by atoms with Crippen molar-refractivity contribution in [1.29, 1.82) is 0 Å². The van der Waals surface area contributed by atoms with E-state index in [4.69, 9.17) is 9.97 Å². The zero-order valence-corrected chi connectivity index (χ0v) is 17.4. The normalized spacial score (nSPS) is 17.9. The van der Waals surface area contributed by atoms with E-state index in [0.717, 1.165) is 35.0 Å². The summed E-state index contributed by atoms with van der Waals surface area (Å²) in [5.41, 5.74) is 2.66. The molecule has 5 heterocycles. The summed E-state index contributed by atoms with van der Waals surface area (Å²) in [6, 6.07) is 0.605. The Balaban J connectivity index is 1.55. The Morgan fingerprint density at radius 1 is 1.10 bits per heavy atom. The molecule has 1 atom stereocenters. The van der Waals surface area contributed by atoms with E-state index in [0.29, 0.717) is 17.8 Å². The number of aryl methyl sites for hydroxylation is 1. The molecule has 0 amide bonds. The standard InChI is InChI=1S/C21H22N10/c1-3-16-19-28-25-12-30(19)17-13(2)26-21(27-20(17)31(16)15-5-4-6-15)29-8-7-24-18(29)14-9-22-11-23-10-14/h7-12,15-16H,3-6H2,1-2H3/t16-/m1/s1. The number of aromatic nitrogens is 9. The zero-order valence-electron chi connectivity index (χ0n) is 17.4. The van der Waals surface area contributed by atoms with Crippen LogP contribution in [0.25, 0.3) is 23.0 Å². The van der Waals surface area contributed by atoms with Gasteiger partial charge in [0, 0.05) is 30.8 Å². The highest BCUT2D eigenvalue weighted by atomic mass is 15.4. The van der Waals surface area contributed by atoms with Crippen molar-refractivity contribution in [3.63, 3.8) is 0 Å². The number of hydrogen-bond donors (Lipinski definition) is 0. The molecular weight excluding hydrogens is 392 g/mol. The molecule has 6 rings (SSSR count). The minimum Gasteiger partial charge on any atom is -0.341 e. The largest absolute Gasteiger partial charge is 0.341 e. The molecule has 1 aliphatic heterocycles. The molecule has 156 valence electrons. The van der Waals surface area contributed by atoms with Gasteiger partial charge in [0.1, 0.15) is 24.2 Å². The summed E-state index contributed by atoms with van der Waals surface area (Å²) < 4.78 is 3.95. The molecule has 2 aliphatic rings. The van der Waals surface area contributed by atoms with Gasteiger partial charge in [0.15, 0.2) is 11.6 Å². The van der Waals surface area contributed by atoms with Crippen LogP contribution < -0.4 is 4.90 Å². The van der Waals surface area contributed by atoms with Crippen molar-refractivity contribution in [3.8, 4) is 23.0 Å². The maximum absolute atomic E-state index is 5.08. The Morgan fingerprint density at radius 3 is 2.68 bits per heavy atom. The van der Waals surface area contributed by atoms with Crippen LogP contribution in [-0.2, 0) is 0 Å². The van der Waals surface area contributed by atoms with Crippen LogP contribution >= 0.6 is 0 Å². The minimum absolute atomic E-state index is 0.146. The van der Waals surface area contributed by atoms with E-state index in [-0.39, 0.29) is 6.04 Å². The number of hydrogen-bond acceptors (Lipinski definition) is 8. The molecule has 0 radical (unpaired) electrons. The van der Waals surface area contributed by atoms with Crippen LogP contribution in [-0.4, -0.2) is 50.3 Å². The zero-order chi connectivity index (χ0) is 20.9. The van der Waals surface area contributed by atoms with Crippen molar-refractivity contribution in [3.05, 3.63) is 49.0 Å². The van der Waals surface area contributed by atoms with Crippen molar-refractivity contribution in [2.75, 3.05) is 4.90 Å². The molecule has 1 saturated carbocycles. The molecular formula is C21H22N10. The Kier molecular flexibility index (Phi) is 4.05. The van der Waals surface area contributed by atoms with Gasteiger partial charge in [0.05, 0.1) is 17.3 Å². The first-order chi connectivity index (χ1) is 15.3. The predicted octanol–water partition coefficient (Wildman–Crippen LogP) is 2.83. The fourth-order valence-corrected chi connectivity index (χ4v) is 4.59. The van der Waals surface area contributed by atoms with Crippen LogP contribution in [0.15, 0.2) is 37.4 Å². The van der Waals surface area contributed by atoms with Crippen LogP contribution in [0.4, 0.5) is 5.82 Å². The van der Waals surface area contributed by atoms with Crippen LogP contribution in [0.5, 0.6) is 0 Å². The predicted molar refractivity (Wildman–Crippen MR) is 113 cm³/mol. The second-order valence-corrected chi connectivity index (χ2v) is 8.00. The number of fused-ring (bicyclic) bond motifs is 3. The van der Waals surface area contributed by atoms with Crippen LogP contribution in [0.2, 0.25) is 0 Å². The van der Waals surface area contributed by atoms with Crippen molar-refractivity contribution in [2.45, 2.75) is 51.6 Å². The van der Waals surface area contributed by atoms with Gasteiger partial charge in [0.25, 0.3) is 0 Å². The fraction of sp³-hybridized carbons (Fsp3) is 0.381. The average molecular weight is 414 g/mol. The lowest BCUT2D eigenvalue weighted by molar-refractivity contribution is 0.341. The third-order valence-electron chi connectivity index (χ3n) is 6.25. The highest BCUT2D eigenvalue weighted by Gasteiger charge is 2.40. The maximum atomic E-state index is 5.08. The van der Waals surface area contributed by atoms with Crippen molar-refractivity contribution < 1.29 is 0 Å². The van der Waals surface area contributed by atoms with Crippen LogP contribution in [0.3, 0.4) is 0 Å². The highest BCUT2D eigenvalue weighted by molar-refractivity contribution is 5.66. The van der Waals surface area contributed by atoms with Crippen LogP contribution in [0.1, 0.15) is 50.2 Å². The summed E-state index contributed by atoms with van der Waals surface area (Å²) >= 11 is 0. The van der Waals surface area contributed by atoms with E-state index >= 15 is 0 Å². The van der Waals surface area contributed by atoms with Gasteiger partial charge in [0.2, 0.25) is 5.95 Å². The molecule has 0 bridgehead atoms. The van der Waals surface area contributed by atoms with Crippen molar-refractivity contribution >= 4 is 5.82 Å². The number of rotatable bonds is 4. The van der Waals surface area contributed by atoms with E-state index in [9.17, 15) is 0 Å². The first kappa shape index (κ1) is 18.1. The summed E-state index contributed by atoms with van der Waals surface area (Å²) in [7, 11) is 0. The van der Waals surface area contributed by atoms with Crippen LogP contribution in [0, 0.1) is 6.92 Å². The average Bonchev–Trinajstić information content (AvgIpc) is 3.43. The van der Waals surface area contributed by atoms with Gasteiger partial charge in [-0.05, 0) is 32.6 Å². The maximum Gasteiger partial charge on any atom is 0.237 e. The molecule has 4 aromatic rings. The van der Waals surface area contributed by atoms with Crippen molar-refractivity contribution in [1.82, 2.24) is 44.3 Å². The summed E-state index contributed by atoms with van der Waals surface area (Å²) in [5, 5.41) is 8.66. The summed E-state index contributed by atoms with van der Waals surface area (Å²) in [6.07, 6.45) is 14.9. The Bertz CT molecular complexity index is 1240. The first-order valence-electron chi connectivity index (χ1n) is 10.6. The number of anilines is 1. The first-order valence-corrected chi connectivity index (χ1v) is 10.6. The third-order valence-corrected chi connectivity index (χ3v) is 6.25. The molecule has 31 heavy (non-hydrogen) atoms. The molecule has 10 nitrogen and oxygen atoms in total. The third kappa shape index (κ3) is 2.67. The SMILES string of the molecule is CC[C@@H]1c2nncn2-c2c(C)nc(-n3ccnc3-c3cncnc3)nc2N1C1CCC1. The van der Waals surface area contributed by atoms with E-state index in [1.54, 1.807) is 24.9 Å². The van der Waals surface area contributed by atoms with Gasteiger partial charge in [-0.1, -0.05) is 6.92 Å². The van der Waals surface area contributed by atoms with E-state index < -0.39 is 0 Å². The Hall–Kier alpha value is -3.69. The number of imidazole rings is 1. The minimum atomic E-state index is 0.146. The smallest absolute Gasteiger partial charge is 0.237 e. The quantitative estimate of drug-likeness (QED) is 0.502. The van der Waals surface area contributed by atoms with Gasteiger partial charge in [-0.15, -0.1) is 10.2 Å². The molecule has 10 heteroatoms. The lowest BCUT2D eigenvalue weighted by Crippen LogP contribution is -2.46. The molecule has 1 aliphatic carbocycles. The van der Waals surface area contributed by atoms with Gasteiger partial charge in [-0.25, -0.2) is 19.9 Å². The summed E-state index contributed by atoms with van der Waals surface area (Å²) in [5.74, 6) is 3.20. The lowest BCUT2D eigenvalue weighted by Gasteiger charge is -2.45. The fourth-order valence-electron chi connectivity index (χ4n) is 4.59. The van der Waals surface area contributed by atoms with Crippen molar-refractivity contribution in [2.24, 2.45) is 0 Å². The summed E-state index contributed by atoms with van der Waals surface area (Å²) in [6.45, 7) is 4.21. The molecule has 1 fully saturated rings. The topological polar surface area (TPSA) is 103 Å². The number of nitrogens with zero attached hydrogens (tertiary/aromatic N) is 10. The molecule has 4 aromatic heterocycles. The van der Waals surface area contributed by atoms with Gasteiger partial charge >= 0.3 is 0 Å². The molecule has 0 N–H and O–H groups in total. The monoisotopic (exact) mass is 414 g/mol. The molecule has 0 spiro atoms.